The molecule has 16 heteroatoms. The van der Waals surface area contributed by atoms with E-state index in [9.17, 15) is 35.9 Å². The Morgan fingerprint density at radius 2 is 1.69 bits per heavy atom. The number of carbonyl (C=O) groups is 2. The van der Waals surface area contributed by atoms with Crippen LogP contribution in [0.15, 0.2) is 18.3 Å². The minimum Gasteiger partial charge on any atom is -0.365 e. The van der Waals surface area contributed by atoms with Gasteiger partial charge in [-0.25, -0.2) is 4.98 Å². The third kappa shape index (κ3) is 5.20. The fraction of sp³-hybridized carbons (Fsp3) is 0.348. The van der Waals surface area contributed by atoms with Crippen LogP contribution in [0.4, 0.5) is 32.0 Å². The third-order valence-electron chi connectivity index (χ3n) is 5.94. The van der Waals surface area contributed by atoms with Crippen molar-refractivity contribution < 1.29 is 35.9 Å². The largest absolute Gasteiger partial charge is 0.435 e. The van der Waals surface area contributed by atoms with Gasteiger partial charge >= 0.3 is 12.4 Å². The number of hydrogen-bond acceptors (Lipinski definition) is 6. The summed E-state index contributed by atoms with van der Waals surface area (Å²) in [5.41, 5.74) is 3.56. The van der Waals surface area contributed by atoms with Crippen LogP contribution >= 0.6 is 11.3 Å². The van der Waals surface area contributed by atoms with Crippen molar-refractivity contribution in [2.45, 2.75) is 52.6 Å². The van der Waals surface area contributed by atoms with Gasteiger partial charge in [-0.15, -0.1) is 11.3 Å². The monoisotopic (exact) mass is 573 g/mol. The van der Waals surface area contributed by atoms with Crippen molar-refractivity contribution in [2.24, 2.45) is 5.73 Å². The van der Waals surface area contributed by atoms with Gasteiger partial charge in [-0.05, 0) is 45.4 Å². The number of aryl methyl sites for hydroxylation is 3. The van der Waals surface area contributed by atoms with E-state index in [0.717, 1.165) is 16.8 Å². The van der Waals surface area contributed by atoms with Crippen LogP contribution < -0.4 is 11.1 Å². The van der Waals surface area contributed by atoms with Gasteiger partial charge in [-0.3, -0.25) is 19.0 Å². The molecule has 1 unspecified atom stereocenters. The van der Waals surface area contributed by atoms with Gasteiger partial charge in [-0.2, -0.15) is 36.5 Å². The number of fused-ring (bicyclic) bond motifs is 1. The van der Waals surface area contributed by atoms with Crippen LogP contribution in [0.1, 0.15) is 52.3 Å². The van der Waals surface area contributed by atoms with E-state index in [0.29, 0.717) is 29.1 Å². The Morgan fingerprint density at radius 1 is 1.05 bits per heavy atom. The van der Waals surface area contributed by atoms with E-state index >= 15 is 0 Å². The first kappa shape index (κ1) is 28.1. The number of thiophene rings is 1. The lowest BCUT2D eigenvalue weighted by Gasteiger charge is -2.16. The zero-order valence-corrected chi connectivity index (χ0v) is 21.6. The number of nitrogens with one attached hydrogen (secondary N) is 1. The highest BCUT2D eigenvalue weighted by molar-refractivity contribution is 7.21. The fourth-order valence-electron chi connectivity index (χ4n) is 4.05. The number of nitrogens with zero attached hydrogens (tertiary/aromatic N) is 5. The second-order valence-corrected chi connectivity index (χ2v) is 9.66. The molecule has 0 aromatic carbocycles. The van der Waals surface area contributed by atoms with Crippen molar-refractivity contribution >= 4 is 39.1 Å². The molecule has 9 nitrogen and oxygen atoms in total. The summed E-state index contributed by atoms with van der Waals surface area (Å²) in [5.74, 6) is -1.93. The molecule has 3 N–H and O–H groups in total. The highest BCUT2D eigenvalue weighted by atomic mass is 32.1. The van der Waals surface area contributed by atoms with Crippen LogP contribution in [0.2, 0.25) is 0 Å². The van der Waals surface area contributed by atoms with E-state index in [1.54, 1.807) is 13.8 Å². The van der Waals surface area contributed by atoms with Gasteiger partial charge < -0.3 is 11.1 Å². The van der Waals surface area contributed by atoms with E-state index < -0.39 is 41.6 Å². The predicted molar refractivity (Wildman–Crippen MR) is 130 cm³/mol. The number of hydrogen-bond donors (Lipinski definition) is 2. The van der Waals surface area contributed by atoms with Crippen LogP contribution in [0.5, 0.6) is 0 Å². The molecule has 0 aliphatic heterocycles. The lowest BCUT2D eigenvalue weighted by Crippen LogP contribution is -2.26. The lowest BCUT2D eigenvalue weighted by atomic mass is 10.0. The number of nitrogens with two attached hydrogens (primary N) is 1. The molecule has 4 aromatic heterocycles. The summed E-state index contributed by atoms with van der Waals surface area (Å²) in [4.78, 5) is 28.7. The molecule has 4 heterocycles. The summed E-state index contributed by atoms with van der Waals surface area (Å²) in [5, 5.41) is 10.2. The maximum Gasteiger partial charge on any atom is 0.435 e. The number of amides is 2. The molecule has 2 amide bonds. The number of anilines is 1. The number of halogens is 6. The highest BCUT2D eigenvalue weighted by Gasteiger charge is 2.37. The normalized spacial score (nSPS) is 13.2. The Bertz CT molecular complexity index is 1600. The van der Waals surface area contributed by atoms with Gasteiger partial charge in [0.05, 0.1) is 11.4 Å². The molecule has 0 spiro atoms. The summed E-state index contributed by atoms with van der Waals surface area (Å²) in [6, 6.07) is 0.260. The summed E-state index contributed by atoms with van der Waals surface area (Å²) >= 11 is 0.551. The Labute approximate surface area is 220 Å². The molecule has 1 atom stereocenters. The Hall–Kier alpha value is -3.95. The smallest absolute Gasteiger partial charge is 0.365 e. The number of rotatable bonds is 6. The van der Waals surface area contributed by atoms with Crippen molar-refractivity contribution in [1.82, 2.24) is 24.5 Å². The third-order valence-corrected chi connectivity index (χ3v) is 7.04. The Balaban J connectivity index is 1.90. The van der Waals surface area contributed by atoms with E-state index in [1.165, 1.54) is 24.7 Å². The van der Waals surface area contributed by atoms with Crippen LogP contribution in [0.3, 0.4) is 0 Å². The molecule has 4 rings (SSSR count). The van der Waals surface area contributed by atoms with E-state index in [4.69, 9.17) is 5.73 Å². The molecular formula is C23H21F6N7O2S. The van der Waals surface area contributed by atoms with Gasteiger partial charge in [0.1, 0.15) is 21.4 Å². The van der Waals surface area contributed by atoms with Crippen molar-refractivity contribution in [3.05, 3.63) is 46.0 Å². The van der Waals surface area contributed by atoms with E-state index in [2.05, 4.69) is 20.5 Å². The predicted octanol–water partition coefficient (Wildman–Crippen LogP) is 5.33. The fourth-order valence-corrected chi connectivity index (χ4v) is 5.06. The van der Waals surface area contributed by atoms with Crippen molar-refractivity contribution in [3.63, 3.8) is 0 Å². The van der Waals surface area contributed by atoms with Gasteiger partial charge in [-0.1, -0.05) is 0 Å². The molecule has 0 aliphatic rings. The first-order valence-electron chi connectivity index (χ1n) is 11.4. The molecule has 4 aromatic rings. The topological polar surface area (TPSA) is 121 Å². The number of pyridine rings is 1. The average Bonchev–Trinajstić information content (AvgIpc) is 3.52. The van der Waals surface area contributed by atoms with E-state index in [1.807, 2.05) is 0 Å². The molecule has 0 radical (unpaired) electrons. The zero-order chi connectivity index (χ0) is 29.0. The van der Waals surface area contributed by atoms with Crippen molar-refractivity contribution in [3.8, 4) is 11.1 Å². The summed E-state index contributed by atoms with van der Waals surface area (Å²) in [6.45, 7) is 6.40. The van der Waals surface area contributed by atoms with E-state index in [-0.39, 0.29) is 32.0 Å². The highest BCUT2D eigenvalue weighted by Crippen LogP contribution is 2.44. The zero-order valence-electron chi connectivity index (χ0n) is 20.8. The van der Waals surface area contributed by atoms with Crippen molar-refractivity contribution in [2.75, 3.05) is 5.32 Å². The molecule has 39 heavy (non-hydrogen) atoms. The Morgan fingerprint density at radius 3 is 2.21 bits per heavy atom. The molecule has 0 aliphatic carbocycles. The van der Waals surface area contributed by atoms with Crippen molar-refractivity contribution in [1.29, 1.82) is 0 Å². The molecular weight excluding hydrogens is 552 g/mol. The maximum atomic E-state index is 13.7. The first-order chi connectivity index (χ1) is 18.0. The quantitative estimate of drug-likeness (QED) is 0.302. The van der Waals surface area contributed by atoms with Crippen LogP contribution in [0, 0.1) is 13.8 Å². The maximum absolute atomic E-state index is 13.7. The van der Waals surface area contributed by atoms with Gasteiger partial charge in [0.25, 0.3) is 5.91 Å². The number of alkyl halides is 6. The van der Waals surface area contributed by atoms with Crippen LogP contribution in [-0.4, -0.2) is 36.4 Å². The average molecular weight is 574 g/mol. The number of aromatic nitrogens is 5. The molecule has 208 valence electrons. The van der Waals surface area contributed by atoms with Crippen LogP contribution in [-0.2, 0) is 23.7 Å². The summed E-state index contributed by atoms with van der Waals surface area (Å²) in [6.07, 6.45) is -8.06. The number of carbonyl (C=O) groups excluding carboxylic acids is 2. The Kier molecular flexibility index (Phi) is 6.95. The van der Waals surface area contributed by atoms with Gasteiger partial charge in [0, 0.05) is 29.4 Å². The van der Waals surface area contributed by atoms with Gasteiger partial charge in [0.15, 0.2) is 5.69 Å². The second kappa shape index (κ2) is 9.66. The molecule has 0 saturated carbocycles. The SMILES string of the molecule is CCn1cc(-c2cc(C(F)(F)F)nc3sc(C(N)=O)c(NC(=O)C(C)n4nc(C(F)(F)F)cc4C)c23)c(C)n1. The molecule has 0 bridgehead atoms. The summed E-state index contributed by atoms with van der Waals surface area (Å²) < 4.78 is 83.0. The standard InChI is InChI=1S/C23H21F6N7O2S/c1-5-35-8-13(10(3)33-35)12-7-14(22(24,25)26)31-21-16(12)17(18(39-21)19(30)37)32-20(38)11(4)36-9(2)6-15(34-36)23(27,28)29/h6-8,11H,5H2,1-4H3,(H2,30,37)(H,32,38). The number of primary amides is 1. The minimum atomic E-state index is -4.83. The van der Waals surface area contributed by atoms with Crippen LogP contribution in [0.25, 0.3) is 21.3 Å². The minimum absolute atomic E-state index is 0.00847. The first-order valence-corrected chi connectivity index (χ1v) is 12.2. The summed E-state index contributed by atoms with van der Waals surface area (Å²) in [7, 11) is 0. The molecule has 0 fully saturated rings. The van der Waals surface area contributed by atoms with Gasteiger partial charge in [0.2, 0.25) is 5.91 Å². The molecule has 0 saturated heterocycles. The lowest BCUT2D eigenvalue weighted by molar-refractivity contribution is -0.142. The second-order valence-electron chi connectivity index (χ2n) is 8.67.